The van der Waals surface area contributed by atoms with E-state index < -0.39 is 17.4 Å². The van der Waals surface area contributed by atoms with Gasteiger partial charge in [-0.25, -0.2) is 4.98 Å². The predicted octanol–water partition coefficient (Wildman–Crippen LogP) is 2.95. The Balaban J connectivity index is 1.66. The Kier molecular flexibility index (Phi) is 6.84. The minimum absolute atomic E-state index is 0.0860. The van der Waals surface area contributed by atoms with Crippen LogP contribution >= 0.6 is 0 Å². The van der Waals surface area contributed by atoms with Gasteiger partial charge in [-0.1, -0.05) is 55.5 Å². The topological polar surface area (TPSA) is 93.1 Å². The molecule has 1 aliphatic rings. The molecule has 3 aromatic rings. The molecule has 1 aromatic carbocycles. The average Bonchev–Trinajstić information content (AvgIpc) is 2.85. The minimum atomic E-state index is -0.925. The largest absolute Gasteiger partial charge is 0.351 e. The van der Waals surface area contributed by atoms with Crippen LogP contribution in [0.3, 0.4) is 0 Å². The van der Waals surface area contributed by atoms with Crippen LogP contribution in [0.25, 0.3) is 11.0 Å². The van der Waals surface area contributed by atoms with Crippen molar-refractivity contribution in [2.24, 2.45) is 0 Å². The molecule has 1 saturated carbocycles. The van der Waals surface area contributed by atoms with Crippen molar-refractivity contribution >= 4 is 22.8 Å². The molecule has 2 amide bonds. The highest BCUT2D eigenvalue weighted by Gasteiger charge is 2.27. The first-order valence-corrected chi connectivity index (χ1v) is 11.2. The van der Waals surface area contributed by atoms with Crippen molar-refractivity contribution in [2.45, 2.75) is 50.7 Å². The van der Waals surface area contributed by atoms with Gasteiger partial charge in [-0.05, 0) is 30.5 Å². The standard InChI is InChI=1S/C26H26N4O3/c1-2-16-30-17-21(23(31)20-14-9-15-27-24(20)30)25(32)29-22(18-10-5-3-6-11-18)26(33)28-19-12-7-4-8-13-19/h1,3,5-6,9-11,14-15,17,19,22H,4,7-8,12-13,16H2,(H,28,33)(H,29,32). The molecule has 0 aliphatic heterocycles. The molecule has 4 rings (SSSR count). The van der Waals surface area contributed by atoms with Gasteiger partial charge in [0.15, 0.2) is 0 Å². The summed E-state index contributed by atoms with van der Waals surface area (Å²) in [5, 5.41) is 6.15. The fraction of sp³-hybridized carbons (Fsp3) is 0.308. The molecule has 0 radical (unpaired) electrons. The number of nitrogens with zero attached hydrogens (tertiary/aromatic N) is 2. The highest BCUT2D eigenvalue weighted by Crippen LogP contribution is 2.20. The Morgan fingerprint density at radius 2 is 1.88 bits per heavy atom. The van der Waals surface area contributed by atoms with Gasteiger partial charge in [0.25, 0.3) is 5.91 Å². The number of pyridine rings is 2. The zero-order valence-electron chi connectivity index (χ0n) is 18.3. The lowest BCUT2D eigenvalue weighted by atomic mass is 9.95. The monoisotopic (exact) mass is 442 g/mol. The number of carbonyl (C=O) groups is 2. The van der Waals surface area contributed by atoms with Crippen molar-refractivity contribution < 1.29 is 9.59 Å². The van der Waals surface area contributed by atoms with Gasteiger partial charge < -0.3 is 15.2 Å². The second kappa shape index (κ2) is 10.1. The molecule has 1 aliphatic carbocycles. The molecule has 1 fully saturated rings. The maximum absolute atomic E-state index is 13.3. The summed E-state index contributed by atoms with van der Waals surface area (Å²) in [6.07, 6.45) is 13.6. The number of nitrogens with one attached hydrogen (secondary N) is 2. The molecule has 1 atom stereocenters. The van der Waals surface area contributed by atoms with Crippen LogP contribution in [0.5, 0.6) is 0 Å². The number of benzene rings is 1. The number of terminal acetylenes is 1. The normalized spacial score (nSPS) is 14.9. The van der Waals surface area contributed by atoms with Crippen LogP contribution in [0.15, 0.2) is 59.7 Å². The Bertz CT molecular complexity index is 1250. The molecular formula is C26H26N4O3. The highest BCUT2D eigenvalue weighted by atomic mass is 16.2. The Morgan fingerprint density at radius 3 is 2.61 bits per heavy atom. The smallest absolute Gasteiger partial charge is 0.257 e. The first-order valence-electron chi connectivity index (χ1n) is 11.2. The predicted molar refractivity (Wildman–Crippen MR) is 127 cm³/mol. The van der Waals surface area contributed by atoms with Gasteiger partial charge in [0.05, 0.1) is 11.9 Å². The molecule has 0 saturated heterocycles. The summed E-state index contributed by atoms with van der Waals surface area (Å²) in [4.78, 5) is 43.8. The molecule has 0 spiro atoms. The Labute approximate surface area is 192 Å². The number of carbonyl (C=O) groups excluding carboxylic acids is 2. The van der Waals surface area contributed by atoms with E-state index in [0.29, 0.717) is 16.6 Å². The van der Waals surface area contributed by atoms with Crippen molar-refractivity contribution in [3.63, 3.8) is 0 Å². The van der Waals surface area contributed by atoms with Crippen molar-refractivity contribution in [3.05, 3.63) is 76.2 Å². The van der Waals surface area contributed by atoms with E-state index in [1.54, 1.807) is 35.0 Å². The van der Waals surface area contributed by atoms with Crippen LogP contribution in [0.2, 0.25) is 0 Å². The van der Waals surface area contributed by atoms with Crippen molar-refractivity contribution in [2.75, 3.05) is 0 Å². The summed E-state index contributed by atoms with van der Waals surface area (Å²) in [5.74, 6) is 1.60. The molecule has 7 nitrogen and oxygen atoms in total. The van der Waals surface area contributed by atoms with E-state index in [9.17, 15) is 14.4 Å². The third kappa shape index (κ3) is 4.96. The van der Waals surface area contributed by atoms with Crippen LogP contribution in [-0.2, 0) is 11.3 Å². The SMILES string of the molecule is C#CCn1cc(C(=O)NC(C(=O)NC2CCCCC2)c2ccccc2)c(=O)c2cccnc21. The van der Waals surface area contributed by atoms with Crippen LogP contribution in [0.1, 0.15) is 54.1 Å². The van der Waals surface area contributed by atoms with Gasteiger partial charge in [0, 0.05) is 18.4 Å². The van der Waals surface area contributed by atoms with Crippen molar-refractivity contribution in [1.82, 2.24) is 20.2 Å². The number of aromatic nitrogens is 2. The van der Waals surface area contributed by atoms with E-state index >= 15 is 0 Å². The molecule has 0 bridgehead atoms. The number of hydrogen-bond acceptors (Lipinski definition) is 4. The maximum Gasteiger partial charge on any atom is 0.257 e. The zero-order chi connectivity index (χ0) is 23.2. The van der Waals surface area contributed by atoms with E-state index in [1.807, 2.05) is 18.2 Å². The summed E-state index contributed by atoms with van der Waals surface area (Å²) < 4.78 is 1.59. The average molecular weight is 443 g/mol. The summed E-state index contributed by atoms with van der Waals surface area (Å²) in [6.45, 7) is 0.151. The van der Waals surface area contributed by atoms with Gasteiger partial charge >= 0.3 is 0 Å². The molecule has 2 aromatic heterocycles. The lowest BCUT2D eigenvalue weighted by Crippen LogP contribution is -2.45. The highest BCUT2D eigenvalue weighted by molar-refractivity contribution is 5.99. The number of fused-ring (bicyclic) bond motifs is 1. The van der Waals surface area contributed by atoms with Crippen LogP contribution in [0.4, 0.5) is 0 Å². The fourth-order valence-corrected chi connectivity index (χ4v) is 4.29. The molecule has 1 unspecified atom stereocenters. The molecule has 2 heterocycles. The first-order chi connectivity index (χ1) is 16.1. The van der Waals surface area contributed by atoms with E-state index in [0.717, 1.165) is 25.7 Å². The summed E-state index contributed by atoms with van der Waals surface area (Å²) in [7, 11) is 0. The maximum atomic E-state index is 13.3. The van der Waals surface area contributed by atoms with Crippen LogP contribution in [0, 0.1) is 12.3 Å². The Morgan fingerprint density at radius 1 is 1.12 bits per heavy atom. The fourth-order valence-electron chi connectivity index (χ4n) is 4.29. The van der Waals surface area contributed by atoms with E-state index in [4.69, 9.17) is 6.42 Å². The van der Waals surface area contributed by atoms with Gasteiger partial charge in [-0.2, -0.15) is 0 Å². The van der Waals surface area contributed by atoms with Crippen LogP contribution < -0.4 is 16.1 Å². The molecule has 168 valence electrons. The lowest BCUT2D eigenvalue weighted by molar-refractivity contribution is -0.124. The van der Waals surface area contributed by atoms with Crippen molar-refractivity contribution in [3.8, 4) is 12.3 Å². The van der Waals surface area contributed by atoms with Gasteiger partial charge in [-0.15, -0.1) is 6.42 Å². The molecule has 7 heteroatoms. The number of amides is 2. The van der Waals surface area contributed by atoms with Crippen molar-refractivity contribution in [1.29, 1.82) is 0 Å². The lowest BCUT2D eigenvalue weighted by Gasteiger charge is -2.26. The second-order valence-corrected chi connectivity index (χ2v) is 8.24. The van der Waals surface area contributed by atoms with Gasteiger partial charge in [0.2, 0.25) is 11.3 Å². The summed E-state index contributed by atoms with van der Waals surface area (Å²) in [6, 6.07) is 11.4. The second-order valence-electron chi connectivity index (χ2n) is 8.24. The van der Waals surface area contributed by atoms with E-state index in [-0.39, 0.29) is 24.1 Å². The Hall–Kier alpha value is -3.92. The summed E-state index contributed by atoms with van der Waals surface area (Å²) >= 11 is 0. The van der Waals surface area contributed by atoms with E-state index in [2.05, 4.69) is 21.5 Å². The minimum Gasteiger partial charge on any atom is -0.351 e. The first kappa shape index (κ1) is 22.3. The third-order valence-corrected chi connectivity index (χ3v) is 5.96. The molecule has 33 heavy (non-hydrogen) atoms. The van der Waals surface area contributed by atoms with Gasteiger partial charge in [0.1, 0.15) is 17.3 Å². The third-order valence-electron chi connectivity index (χ3n) is 5.96. The number of rotatable bonds is 6. The summed E-state index contributed by atoms with van der Waals surface area (Å²) in [5.41, 5.74) is 0.512. The molecule has 2 N–H and O–H groups in total. The molecular weight excluding hydrogens is 416 g/mol. The number of hydrogen-bond donors (Lipinski definition) is 2. The zero-order valence-corrected chi connectivity index (χ0v) is 18.3. The quantitative estimate of drug-likeness (QED) is 0.574. The van der Waals surface area contributed by atoms with E-state index in [1.165, 1.54) is 12.6 Å². The van der Waals surface area contributed by atoms with Crippen LogP contribution in [-0.4, -0.2) is 27.4 Å². The van der Waals surface area contributed by atoms with Gasteiger partial charge in [-0.3, -0.25) is 14.4 Å².